The van der Waals surface area contributed by atoms with E-state index in [9.17, 15) is 8.42 Å². The average Bonchev–Trinajstić information content (AvgIpc) is 3.03. The molecule has 3 rings (SSSR count). The molecule has 1 saturated carbocycles. The number of benzene rings is 2. The van der Waals surface area contributed by atoms with Crippen LogP contribution in [0.1, 0.15) is 30.4 Å². The van der Waals surface area contributed by atoms with E-state index in [0.717, 1.165) is 39.5 Å². The van der Waals surface area contributed by atoms with Gasteiger partial charge in [-0.15, -0.1) is 0 Å². The van der Waals surface area contributed by atoms with Gasteiger partial charge in [0.25, 0.3) is 0 Å². The molecule has 4 nitrogen and oxygen atoms in total. The zero-order chi connectivity index (χ0) is 19.4. The number of anilines is 1. The summed E-state index contributed by atoms with van der Waals surface area (Å²) in [6, 6.07) is 14.8. The third-order valence-electron chi connectivity index (χ3n) is 4.72. The van der Waals surface area contributed by atoms with Crippen molar-refractivity contribution in [3.8, 4) is 0 Å². The molecule has 1 aliphatic carbocycles. The van der Waals surface area contributed by atoms with Crippen LogP contribution in [0, 0.1) is 6.92 Å². The highest BCUT2D eigenvalue weighted by atomic mass is 79.9. The lowest BCUT2D eigenvalue weighted by molar-refractivity contribution is 0.535. The van der Waals surface area contributed by atoms with Gasteiger partial charge in [-0.05, 0) is 87.9 Å². The third kappa shape index (κ3) is 5.44. The number of rotatable bonds is 6. The summed E-state index contributed by atoms with van der Waals surface area (Å²) in [7, 11) is -3.53. The van der Waals surface area contributed by atoms with Gasteiger partial charge in [-0.3, -0.25) is 0 Å². The first kappa shape index (κ1) is 20.6. The van der Waals surface area contributed by atoms with Crippen LogP contribution in [0.3, 0.4) is 0 Å². The first-order chi connectivity index (χ1) is 12.8. The van der Waals surface area contributed by atoms with Gasteiger partial charge in [0.05, 0.1) is 8.29 Å². The number of halogens is 2. The molecule has 7 heteroatoms. The predicted octanol–water partition coefficient (Wildman–Crippen LogP) is 5.39. The second kappa shape index (κ2) is 8.90. The molecule has 2 aromatic carbocycles. The summed E-state index contributed by atoms with van der Waals surface area (Å²) in [5.41, 5.74) is 3.06. The second-order valence-electron chi connectivity index (χ2n) is 6.74. The van der Waals surface area contributed by atoms with Crippen molar-refractivity contribution < 1.29 is 8.42 Å². The van der Waals surface area contributed by atoms with Crippen LogP contribution in [0.25, 0.3) is 6.08 Å². The Morgan fingerprint density at radius 1 is 1.04 bits per heavy atom. The number of sulfonamides is 1. The molecule has 1 fully saturated rings. The normalized spacial score (nSPS) is 19.7. The Bertz CT molecular complexity index is 923. The molecule has 0 aromatic heterocycles. The molecular formula is C20H22Br2N2O2S. The van der Waals surface area contributed by atoms with Crippen molar-refractivity contribution in [1.29, 1.82) is 0 Å². The molecule has 0 amide bonds. The van der Waals surface area contributed by atoms with Gasteiger partial charge < -0.3 is 5.32 Å². The largest absolute Gasteiger partial charge is 0.380 e. The van der Waals surface area contributed by atoms with Gasteiger partial charge in [0.2, 0.25) is 10.0 Å². The van der Waals surface area contributed by atoms with Crippen molar-refractivity contribution >= 4 is 53.6 Å². The SMILES string of the molecule is Cc1ccc(S(=O)(=O)N[C@H]2CCC[C@@H]2Nc2ccccc2C=C(Br)Br)cc1. The van der Waals surface area contributed by atoms with Crippen LogP contribution in [0.4, 0.5) is 5.69 Å². The molecular weight excluding hydrogens is 492 g/mol. The van der Waals surface area contributed by atoms with Crippen molar-refractivity contribution in [3.05, 3.63) is 63.0 Å². The van der Waals surface area contributed by atoms with E-state index in [-0.39, 0.29) is 12.1 Å². The number of nitrogens with one attached hydrogen (secondary N) is 2. The molecule has 2 aromatic rings. The van der Waals surface area contributed by atoms with Crippen LogP contribution in [0.2, 0.25) is 0 Å². The molecule has 0 bridgehead atoms. The number of hydrogen-bond acceptors (Lipinski definition) is 3. The van der Waals surface area contributed by atoms with Crippen LogP contribution in [-0.4, -0.2) is 20.5 Å². The maximum atomic E-state index is 12.7. The van der Waals surface area contributed by atoms with E-state index in [1.165, 1.54) is 0 Å². The molecule has 144 valence electrons. The van der Waals surface area contributed by atoms with Crippen molar-refractivity contribution in [2.75, 3.05) is 5.32 Å². The average molecular weight is 514 g/mol. The summed E-state index contributed by atoms with van der Waals surface area (Å²) in [6.07, 6.45) is 4.71. The highest BCUT2D eigenvalue weighted by Gasteiger charge is 2.31. The zero-order valence-corrected chi connectivity index (χ0v) is 18.9. The molecule has 2 N–H and O–H groups in total. The highest BCUT2D eigenvalue weighted by molar-refractivity contribution is 9.28. The van der Waals surface area contributed by atoms with Crippen LogP contribution in [0.15, 0.2) is 56.8 Å². The van der Waals surface area contributed by atoms with Gasteiger partial charge in [-0.25, -0.2) is 13.1 Å². The molecule has 0 spiro atoms. The van der Waals surface area contributed by atoms with Gasteiger partial charge in [0.15, 0.2) is 0 Å². The molecule has 1 aliphatic rings. The van der Waals surface area contributed by atoms with Crippen molar-refractivity contribution in [2.45, 2.75) is 43.2 Å². The molecule has 0 saturated heterocycles. The van der Waals surface area contributed by atoms with Crippen molar-refractivity contribution in [1.82, 2.24) is 4.72 Å². The lowest BCUT2D eigenvalue weighted by Gasteiger charge is -2.24. The summed E-state index contributed by atoms with van der Waals surface area (Å²) in [6.45, 7) is 1.94. The van der Waals surface area contributed by atoms with E-state index >= 15 is 0 Å². The minimum atomic E-state index is -3.53. The molecule has 0 heterocycles. The van der Waals surface area contributed by atoms with Crippen LogP contribution < -0.4 is 10.0 Å². The Hall–Kier alpha value is -1.15. The predicted molar refractivity (Wildman–Crippen MR) is 119 cm³/mol. The van der Waals surface area contributed by atoms with Gasteiger partial charge >= 0.3 is 0 Å². The fourth-order valence-electron chi connectivity index (χ4n) is 3.33. The minimum absolute atomic E-state index is 0.0499. The minimum Gasteiger partial charge on any atom is -0.380 e. The molecule has 0 unspecified atom stereocenters. The quantitative estimate of drug-likeness (QED) is 0.544. The first-order valence-corrected chi connectivity index (χ1v) is 11.9. The number of aryl methyl sites for hydroxylation is 1. The maximum Gasteiger partial charge on any atom is 0.240 e. The number of hydrogen-bond donors (Lipinski definition) is 2. The standard InChI is InChI=1S/C20H22Br2N2O2S/c1-14-9-11-16(12-10-14)27(25,26)24-19-8-4-7-18(19)23-17-6-3-2-5-15(17)13-20(21)22/h2-3,5-6,9-13,18-19,23-24H,4,7-8H2,1H3/t18-,19-/m0/s1. The van der Waals surface area contributed by atoms with E-state index in [4.69, 9.17) is 0 Å². The Morgan fingerprint density at radius 2 is 1.70 bits per heavy atom. The van der Waals surface area contributed by atoms with Crippen molar-refractivity contribution in [3.63, 3.8) is 0 Å². The Balaban J connectivity index is 1.77. The molecule has 2 atom stereocenters. The summed E-state index contributed by atoms with van der Waals surface area (Å²) in [4.78, 5) is 0.310. The summed E-state index contributed by atoms with van der Waals surface area (Å²) in [5, 5.41) is 3.53. The highest BCUT2D eigenvalue weighted by Crippen LogP contribution is 2.28. The van der Waals surface area contributed by atoms with E-state index in [1.807, 2.05) is 49.4 Å². The monoisotopic (exact) mass is 512 g/mol. The smallest absolute Gasteiger partial charge is 0.240 e. The summed E-state index contributed by atoms with van der Waals surface area (Å²) in [5.74, 6) is 0. The van der Waals surface area contributed by atoms with Gasteiger partial charge in [-0.1, -0.05) is 35.9 Å². The Kier molecular flexibility index (Phi) is 6.78. The Morgan fingerprint density at radius 3 is 2.41 bits per heavy atom. The van der Waals surface area contributed by atoms with Crippen LogP contribution in [0.5, 0.6) is 0 Å². The van der Waals surface area contributed by atoms with Crippen LogP contribution >= 0.6 is 31.9 Å². The van der Waals surface area contributed by atoms with Gasteiger partial charge in [0, 0.05) is 17.8 Å². The first-order valence-electron chi connectivity index (χ1n) is 8.82. The molecule has 0 radical (unpaired) electrons. The van der Waals surface area contributed by atoms with E-state index in [0.29, 0.717) is 4.90 Å². The van der Waals surface area contributed by atoms with E-state index in [1.54, 1.807) is 12.1 Å². The fourth-order valence-corrected chi connectivity index (χ4v) is 5.13. The lowest BCUT2D eigenvalue weighted by atomic mass is 10.1. The number of para-hydroxylation sites is 1. The molecule has 0 aliphatic heterocycles. The fraction of sp³-hybridized carbons (Fsp3) is 0.300. The zero-order valence-electron chi connectivity index (χ0n) is 15.0. The molecule has 27 heavy (non-hydrogen) atoms. The van der Waals surface area contributed by atoms with E-state index < -0.39 is 10.0 Å². The maximum absolute atomic E-state index is 12.7. The summed E-state index contributed by atoms with van der Waals surface area (Å²) < 4.78 is 29.2. The Labute approximate surface area is 177 Å². The third-order valence-corrected chi connectivity index (χ3v) is 6.68. The van der Waals surface area contributed by atoms with Gasteiger partial charge in [-0.2, -0.15) is 0 Å². The van der Waals surface area contributed by atoms with Gasteiger partial charge in [0.1, 0.15) is 0 Å². The topological polar surface area (TPSA) is 58.2 Å². The van der Waals surface area contributed by atoms with Crippen molar-refractivity contribution in [2.24, 2.45) is 0 Å². The summed E-state index contributed by atoms with van der Waals surface area (Å²) >= 11 is 6.80. The van der Waals surface area contributed by atoms with E-state index in [2.05, 4.69) is 41.9 Å². The lowest BCUT2D eigenvalue weighted by Crippen LogP contribution is -2.43. The van der Waals surface area contributed by atoms with Crippen LogP contribution in [-0.2, 0) is 10.0 Å². The second-order valence-corrected chi connectivity index (χ2v) is 11.2.